The predicted molar refractivity (Wildman–Crippen MR) is 127 cm³/mol. The van der Waals surface area contributed by atoms with E-state index in [0.717, 1.165) is 11.1 Å². The van der Waals surface area contributed by atoms with E-state index in [1.807, 2.05) is 48.6 Å². The SMILES string of the molecule is COc1cc(C2C=CC(c3ccc(C(=O)Nc4ccccc4N)cc3)O2)cc(OC)c1OC. The zero-order valence-electron chi connectivity index (χ0n) is 18.7. The van der Waals surface area contributed by atoms with Gasteiger partial charge >= 0.3 is 0 Å². The number of nitrogen functional groups attached to an aromatic ring is 1. The monoisotopic (exact) mass is 446 g/mol. The Morgan fingerprint density at radius 1 is 0.848 bits per heavy atom. The molecule has 0 fully saturated rings. The highest BCUT2D eigenvalue weighted by Crippen LogP contribution is 2.43. The summed E-state index contributed by atoms with van der Waals surface area (Å²) >= 11 is 0. The number of para-hydroxylation sites is 2. The lowest BCUT2D eigenvalue weighted by Gasteiger charge is -2.18. The highest BCUT2D eigenvalue weighted by atomic mass is 16.5. The lowest BCUT2D eigenvalue weighted by molar-refractivity contribution is 0.0599. The van der Waals surface area contributed by atoms with Gasteiger partial charge in [-0.1, -0.05) is 36.4 Å². The molecule has 0 saturated carbocycles. The van der Waals surface area contributed by atoms with E-state index < -0.39 is 0 Å². The molecule has 0 aliphatic carbocycles. The van der Waals surface area contributed by atoms with Crippen molar-refractivity contribution in [2.24, 2.45) is 0 Å². The number of hydrogen-bond acceptors (Lipinski definition) is 6. The minimum absolute atomic E-state index is 0.224. The number of carbonyl (C=O) groups is 1. The summed E-state index contributed by atoms with van der Waals surface area (Å²) in [6.45, 7) is 0. The lowest BCUT2D eigenvalue weighted by atomic mass is 10.1. The molecule has 33 heavy (non-hydrogen) atoms. The number of methoxy groups -OCH3 is 3. The summed E-state index contributed by atoms with van der Waals surface area (Å²) in [4.78, 5) is 12.6. The van der Waals surface area contributed by atoms with Crippen molar-refractivity contribution in [3.05, 3.63) is 89.5 Å². The fourth-order valence-corrected chi connectivity index (χ4v) is 3.72. The Labute approximate surface area is 192 Å². The second-order valence-corrected chi connectivity index (χ2v) is 7.48. The Bertz CT molecular complexity index is 1150. The standard InChI is InChI=1S/C26H26N2O5/c1-30-23-14-18(15-24(31-2)25(23)32-3)22-13-12-21(33-22)16-8-10-17(11-9-16)26(29)28-20-7-5-4-6-19(20)27/h4-15,21-22H,27H2,1-3H3,(H,28,29). The summed E-state index contributed by atoms with van der Waals surface area (Å²) in [5, 5.41) is 2.83. The first-order valence-electron chi connectivity index (χ1n) is 10.4. The highest BCUT2D eigenvalue weighted by Gasteiger charge is 2.25. The minimum Gasteiger partial charge on any atom is -0.493 e. The average molecular weight is 447 g/mol. The normalized spacial score (nSPS) is 16.9. The van der Waals surface area contributed by atoms with E-state index in [0.29, 0.717) is 34.2 Å². The van der Waals surface area contributed by atoms with Crippen molar-refractivity contribution < 1.29 is 23.7 Å². The summed E-state index contributed by atoms with van der Waals surface area (Å²) in [5.41, 5.74) is 9.37. The van der Waals surface area contributed by atoms with Crippen LogP contribution in [0.15, 0.2) is 72.8 Å². The third kappa shape index (κ3) is 4.63. The van der Waals surface area contributed by atoms with E-state index in [4.69, 9.17) is 24.7 Å². The molecule has 4 rings (SSSR count). The Kier molecular flexibility index (Phi) is 6.51. The molecule has 0 aromatic heterocycles. The van der Waals surface area contributed by atoms with Gasteiger partial charge in [-0.15, -0.1) is 0 Å². The van der Waals surface area contributed by atoms with Gasteiger partial charge in [0.15, 0.2) is 11.5 Å². The van der Waals surface area contributed by atoms with Gasteiger partial charge in [0.05, 0.1) is 32.7 Å². The molecule has 0 bridgehead atoms. The van der Waals surface area contributed by atoms with Gasteiger partial charge in [0.2, 0.25) is 5.75 Å². The number of nitrogens with two attached hydrogens (primary N) is 1. The molecule has 3 N–H and O–H groups in total. The summed E-state index contributed by atoms with van der Waals surface area (Å²) < 4.78 is 22.5. The van der Waals surface area contributed by atoms with Gasteiger partial charge in [0, 0.05) is 5.56 Å². The summed E-state index contributed by atoms with van der Waals surface area (Å²) in [7, 11) is 4.74. The number of rotatable bonds is 7. The first kappa shape index (κ1) is 22.2. The molecular weight excluding hydrogens is 420 g/mol. The molecule has 3 aromatic rings. The van der Waals surface area contributed by atoms with Crippen LogP contribution in [0.3, 0.4) is 0 Å². The number of ether oxygens (including phenoxy) is 4. The maximum Gasteiger partial charge on any atom is 0.255 e. The van der Waals surface area contributed by atoms with Gasteiger partial charge in [-0.25, -0.2) is 0 Å². The number of carbonyl (C=O) groups excluding carboxylic acids is 1. The molecular formula is C26H26N2O5. The molecule has 0 spiro atoms. The van der Waals surface area contributed by atoms with E-state index in [1.54, 1.807) is 45.6 Å². The van der Waals surface area contributed by atoms with Crippen LogP contribution in [0.4, 0.5) is 11.4 Å². The summed E-state index contributed by atoms with van der Waals surface area (Å²) in [6, 6.07) is 18.2. The molecule has 0 radical (unpaired) electrons. The van der Waals surface area contributed by atoms with Gasteiger partial charge in [0.25, 0.3) is 5.91 Å². The smallest absolute Gasteiger partial charge is 0.255 e. The second kappa shape index (κ2) is 9.67. The number of amides is 1. The van der Waals surface area contributed by atoms with Crippen molar-refractivity contribution >= 4 is 17.3 Å². The van der Waals surface area contributed by atoms with Crippen LogP contribution in [0, 0.1) is 0 Å². The van der Waals surface area contributed by atoms with E-state index in [2.05, 4.69) is 5.32 Å². The van der Waals surface area contributed by atoms with E-state index in [9.17, 15) is 4.79 Å². The fraction of sp³-hybridized carbons (Fsp3) is 0.192. The van der Waals surface area contributed by atoms with Gasteiger partial charge in [-0.3, -0.25) is 4.79 Å². The molecule has 2 unspecified atom stereocenters. The molecule has 7 heteroatoms. The van der Waals surface area contributed by atoms with Crippen LogP contribution in [0.5, 0.6) is 17.2 Å². The molecule has 7 nitrogen and oxygen atoms in total. The molecule has 0 saturated heterocycles. The van der Waals surface area contributed by atoms with Crippen LogP contribution in [-0.2, 0) is 4.74 Å². The fourth-order valence-electron chi connectivity index (χ4n) is 3.72. The average Bonchev–Trinajstić information content (AvgIpc) is 3.35. The molecule has 1 aliphatic heterocycles. The zero-order chi connectivity index (χ0) is 23.4. The first-order valence-corrected chi connectivity index (χ1v) is 10.4. The van der Waals surface area contributed by atoms with Crippen molar-refractivity contribution in [1.29, 1.82) is 0 Å². The quantitative estimate of drug-likeness (QED) is 0.396. The van der Waals surface area contributed by atoms with Crippen molar-refractivity contribution in [1.82, 2.24) is 0 Å². The number of anilines is 2. The summed E-state index contributed by atoms with van der Waals surface area (Å²) in [5.74, 6) is 1.45. The molecule has 1 aliphatic rings. The Morgan fingerprint density at radius 3 is 2.03 bits per heavy atom. The predicted octanol–water partition coefficient (Wildman–Crippen LogP) is 4.92. The van der Waals surface area contributed by atoms with Gasteiger partial charge < -0.3 is 30.0 Å². The molecule has 1 heterocycles. The molecule has 1 amide bonds. The molecule has 2 atom stereocenters. The van der Waals surface area contributed by atoms with Crippen LogP contribution in [0.2, 0.25) is 0 Å². The number of nitrogens with one attached hydrogen (secondary N) is 1. The molecule has 3 aromatic carbocycles. The topological polar surface area (TPSA) is 92.0 Å². The Morgan fingerprint density at radius 2 is 1.45 bits per heavy atom. The Hall–Kier alpha value is -3.97. The van der Waals surface area contributed by atoms with E-state index in [-0.39, 0.29) is 18.1 Å². The van der Waals surface area contributed by atoms with Crippen LogP contribution < -0.4 is 25.3 Å². The van der Waals surface area contributed by atoms with Gasteiger partial charge in [-0.2, -0.15) is 0 Å². The summed E-state index contributed by atoms with van der Waals surface area (Å²) in [6.07, 6.45) is 3.47. The second-order valence-electron chi connectivity index (χ2n) is 7.48. The first-order chi connectivity index (χ1) is 16.0. The van der Waals surface area contributed by atoms with Crippen LogP contribution in [0.1, 0.15) is 33.7 Å². The van der Waals surface area contributed by atoms with E-state index >= 15 is 0 Å². The third-order valence-electron chi connectivity index (χ3n) is 5.48. The lowest BCUT2D eigenvalue weighted by Crippen LogP contribution is -2.13. The van der Waals surface area contributed by atoms with Crippen LogP contribution in [-0.4, -0.2) is 27.2 Å². The largest absolute Gasteiger partial charge is 0.493 e. The van der Waals surface area contributed by atoms with E-state index in [1.165, 1.54) is 0 Å². The van der Waals surface area contributed by atoms with Gasteiger partial charge in [0.1, 0.15) is 12.2 Å². The highest BCUT2D eigenvalue weighted by molar-refractivity contribution is 6.05. The minimum atomic E-state index is -0.271. The zero-order valence-corrected chi connectivity index (χ0v) is 18.7. The van der Waals surface area contributed by atoms with Crippen molar-refractivity contribution in [3.63, 3.8) is 0 Å². The molecule has 170 valence electrons. The van der Waals surface area contributed by atoms with Crippen molar-refractivity contribution in [3.8, 4) is 17.2 Å². The number of hydrogen-bond donors (Lipinski definition) is 2. The maximum atomic E-state index is 12.6. The Balaban J connectivity index is 1.46. The van der Waals surface area contributed by atoms with Crippen molar-refractivity contribution in [2.45, 2.75) is 12.2 Å². The van der Waals surface area contributed by atoms with Crippen LogP contribution in [0.25, 0.3) is 0 Å². The number of benzene rings is 3. The van der Waals surface area contributed by atoms with Gasteiger partial charge in [-0.05, 0) is 47.5 Å². The van der Waals surface area contributed by atoms with Crippen molar-refractivity contribution in [2.75, 3.05) is 32.4 Å². The third-order valence-corrected chi connectivity index (χ3v) is 5.48. The maximum absolute atomic E-state index is 12.6. The van der Waals surface area contributed by atoms with Crippen LogP contribution >= 0.6 is 0 Å².